The summed E-state index contributed by atoms with van der Waals surface area (Å²) >= 11 is 0.856. The van der Waals surface area contributed by atoms with Gasteiger partial charge in [-0.05, 0) is 60.9 Å². The third-order valence-electron chi connectivity index (χ3n) is 4.93. The lowest BCUT2D eigenvalue weighted by Crippen LogP contribution is -2.27. The first-order valence-corrected chi connectivity index (χ1v) is 11.1. The summed E-state index contributed by atoms with van der Waals surface area (Å²) in [7, 11) is 0. The van der Waals surface area contributed by atoms with Crippen molar-refractivity contribution < 1.29 is 24.2 Å². The highest BCUT2D eigenvalue weighted by molar-refractivity contribution is 8.19. The van der Waals surface area contributed by atoms with Crippen LogP contribution in [-0.2, 0) is 16.0 Å². The van der Waals surface area contributed by atoms with Crippen LogP contribution in [0.2, 0.25) is 0 Å². The molecule has 1 heterocycles. The molecular weight excluding hydrogens is 414 g/mol. The summed E-state index contributed by atoms with van der Waals surface area (Å²) in [5.74, 6) is -1.11. The number of carboxylic acids is 1. The number of rotatable bonds is 9. The number of benzene rings is 2. The number of ether oxygens (including phenoxy) is 1. The molecule has 0 bridgehead atoms. The van der Waals surface area contributed by atoms with Crippen LogP contribution < -0.4 is 9.64 Å². The van der Waals surface area contributed by atoms with Crippen LogP contribution in [0.1, 0.15) is 44.2 Å². The highest BCUT2D eigenvalue weighted by Gasteiger charge is 2.36. The molecule has 1 aliphatic heterocycles. The molecule has 1 unspecified atom stereocenters. The minimum absolute atomic E-state index is 0.263. The number of carbonyl (C=O) groups excluding carboxylic acids is 2. The van der Waals surface area contributed by atoms with Crippen LogP contribution in [0.5, 0.6) is 5.75 Å². The number of imide groups is 1. The van der Waals surface area contributed by atoms with E-state index in [4.69, 9.17) is 4.74 Å². The molecule has 1 N–H and O–H groups in total. The lowest BCUT2D eigenvalue weighted by Gasteiger charge is -2.15. The Bertz CT molecular complexity index is 999. The summed E-state index contributed by atoms with van der Waals surface area (Å²) < 4.78 is 5.62. The van der Waals surface area contributed by atoms with Crippen LogP contribution >= 0.6 is 11.8 Å². The number of carbonyl (C=O) groups is 3. The molecular formula is C24H25NO5S. The van der Waals surface area contributed by atoms with Crippen LogP contribution in [0, 0.1) is 0 Å². The highest BCUT2D eigenvalue weighted by atomic mass is 32.2. The number of amides is 2. The SMILES string of the molecule is CCCCc1ccc(N2C(=O)S/C(=C/c3ccccc3OC(CC)C(=O)O)C2=O)cc1. The minimum Gasteiger partial charge on any atom is -0.479 e. The Morgan fingerprint density at radius 2 is 1.84 bits per heavy atom. The third kappa shape index (κ3) is 5.35. The van der Waals surface area contributed by atoms with Crippen LogP contribution in [0.4, 0.5) is 10.5 Å². The zero-order valence-corrected chi connectivity index (χ0v) is 18.4. The molecule has 31 heavy (non-hydrogen) atoms. The van der Waals surface area contributed by atoms with E-state index in [1.807, 2.05) is 12.1 Å². The molecule has 0 spiro atoms. The van der Waals surface area contributed by atoms with E-state index in [1.165, 1.54) is 5.56 Å². The van der Waals surface area contributed by atoms with E-state index in [1.54, 1.807) is 49.4 Å². The number of hydrogen-bond donors (Lipinski definition) is 1. The summed E-state index contributed by atoms with van der Waals surface area (Å²) in [4.78, 5) is 38.3. The zero-order chi connectivity index (χ0) is 22.4. The molecule has 1 saturated heterocycles. The van der Waals surface area contributed by atoms with Gasteiger partial charge in [0.05, 0.1) is 10.6 Å². The maximum absolute atomic E-state index is 13.0. The molecule has 162 valence electrons. The Morgan fingerprint density at radius 3 is 2.48 bits per heavy atom. The minimum atomic E-state index is -1.06. The van der Waals surface area contributed by atoms with Gasteiger partial charge in [-0.15, -0.1) is 0 Å². The summed E-state index contributed by atoms with van der Waals surface area (Å²) in [6.07, 6.45) is 4.04. The van der Waals surface area contributed by atoms with Crippen LogP contribution in [0.15, 0.2) is 53.4 Å². The molecule has 0 saturated carbocycles. The average Bonchev–Trinajstić information content (AvgIpc) is 3.04. The molecule has 0 radical (unpaired) electrons. The Hall–Kier alpha value is -3.06. The van der Waals surface area contributed by atoms with Crippen LogP contribution in [0.3, 0.4) is 0 Å². The maximum Gasteiger partial charge on any atom is 0.344 e. The van der Waals surface area contributed by atoms with E-state index in [-0.39, 0.29) is 10.1 Å². The Balaban J connectivity index is 1.83. The van der Waals surface area contributed by atoms with E-state index in [0.717, 1.165) is 35.9 Å². The first-order valence-electron chi connectivity index (χ1n) is 10.3. The second kappa shape index (κ2) is 10.3. The quantitative estimate of drug-likeness (QED) is 0.519. The van der Waals surface area contributed by atoms with Crippen LogP contribution in [0.25, 0.3) is 6.08 Å². The smallest absolute Gasteiger partial charge is 0.344 e. The summed E-state index contributed by atoms with van der Waals surface area (Å²) in [6, 6.07) is 14.3. The second-order valence-corrected chi connectivity index (χ2v) is 8.17. The molecule has 0 aromatic heterocycles. The number of hydrogen-bond acceptors (Lipinski definition) is 5. The van der Waals surface area contributed by atoms with E-state index in [9.17, 15) is 19.5 Å². The number of aliphatic carboxylic acids is 1. The van der Waals surface area contributed by atoms with Gasteiger partial charge in [0.1, 0.15) is 5.75 Å². The number of unbranched alkanes of at least 4 members (excludes halogenated alkanes) is 1. The molecule has 2 aromatic carbocycles. The number of para-hydroxylation sites is 1. The van der Waals surface area contributed by atoms with Crippen molar-refractivity contribution in [1.29, 1.82) is 0 Å². The summed E-state index contributed by atoms with van der Waals surface area (Å²) in [5.41, 5.74) is 2.25. The fourth-order valence-electron chi connectivity index (χ4n) is 3.19. The van der Waals surface area contributed by atoms with Gasteiger partial charge in [-0.3, -0.25) is 9.59 Å². The molecule has 6 nitrogen and oxygen atoms in total. The topological polar surface area (TPSA) is 83.9 Å². The standard InChI is InChI=1S/C24H25NO5S/c1-3-5-8-16-11-13-18(14-12-16)25-22(26)21(31-24(25)29)15-17-9-6-7-10-20(17)30-19(4-2)23(27)28/h6-7,9-15,19H,3-5,8H2,1-2H3,(H,27,28)/b21-15+. The van der Waals surface area contributed by atoms with Gasteiger partial charge in [-0.1, -0.05) is 50.6 Å². The molecule has 0 aliphatic carbocycles. The molecule has 3 rings (SSSR count). The number of thioether (sulfide) groups is 1. The number of anilines is 1. The predicted octanol–water partition coefficient (Wildman–Crippen LogP) is 5.51. The molecule has 1 fully saturated rings. The lowest BCUT2D eigenvalue weighted by atomic mass is 10.1. The summed E-state index contributed by atoms with van der Waals surface area (Å²) in [6.45, 7) is 3.86. The van der Waals surface area contributed by atoms with Crippen molar-refractivity contribution in [2.45, 2.75) is 45.6 Å². The van der Waals surface area contributed by atoms with Crippen molar-refractivity contribution >= 4 is 40.6 Å². The van der Waals surface area contributed by atoms with Gasteiger partial charge in [0.15, 0.2) is 6.10 Å². The van der Waals surface area contributed by atoms with Gasteiger partial charge in [0, 0.05) is 5.56 Å². The molecule has 2 amide bonds. The van der Waals surface area contributed by atoms with E-state index in [2.05, 4.69) is 6.92 Å². The van der Waals surface area contributed by atoms with Gasteiger partial charge in [0.25, 0.3) is 11.1 Å². The largest absolute Gasteiger partial charge is 0.479 e. The molecule has 1 atom stereocenters. The highest BCUT2D eigenvalue weighted by Crippen LogP contribution is 2.37. The van der Waals surface area contributed by atoms with Gasteiger partial charge in [-0.25, -0.2) is 9.69 Å². The van der Waals surface area contributed by atoms with Crippen LogP contribution in [-0.4, -0.2) is 28.3 Å². The van der Waals surface area contributed by atoms with Gasteiger partial charge in [0.2, 0.25) is 0 Å². The van der Waals surface area contributed by atoms with Crippen molar-refractivity contribution in [1.82, 2.24) is 0 Å². The number of aryl methyl sites for hydroxylation is 1. The fraction of sp³-hybridized carbons (Fsp3) is 0.292. The molecule has 7 heteroatoms. The summed E-state index contributed by atoms with van der Waals surface area (Å²) in [5, 5.41) is 8.90. The zero-order valence-electron chi connectivity index (χ0n) is 17.5. The monoisotopic (exact) mass is 439 g/mol. The van der Waals surface area contributed by atoms with Crippen molar-refractivity contribution in [2.24, 2.45) is 0 Å². The third-order valence-corrected chi connectivity index (χ3v) is 5.80. The Labute approximate surface area is 185 Å². The Kier molecular flexibility index (Phi) is 7.52. The molecule has 2 aromatic rings. The number of nitrogens with zero attached hydrogens (tertiary/aromatic N) is 1. The van der Waals surface area contributed by atoms with E-state index in [0.29, 0.717) is 23.4 Å². The van der Waals surface area contributed by atoms with Crippen molar-refractivity contribution in [3.63, 3.8) is 0 Å². The van der Waals surface area contributed by atoms with Crippen molar-refractivity contribution in [2.75, 3.05) is 4.90 Å². The van der Waals surface area contributed by atoms with Gasteiger partial charge >= 0.3 is 5.97 Å². The Morgan fingerprint density at radius 1 is 1.13 bits per heavy atom. The predicted molar refractivity (Wildman–Crippen MR) is 122 cm³/mol. The first-order chi connectivity index (χ1) is 14.9. The average molecular weight is 440 g/mol. The lowest BCUT2D eigenvalue weighted by molar-refractivity contribution is -0.145. The van der Waals surface area contributed by atoms with Crippen molar-refractivity contribution in [3.05, 3.63) is 64.6 Å². The normalized spacial score (nSPS) is 16.1. The number of carboxylic acid groups (broad SMARTS) is 1. The van der Waals surface area contributed by atoms with Gasteiger partial charge in [-0.2, -0.15) is 0 Å². The maximum atomic E-state index is 13.0. The van der Waals surface area contributed by atoms with Gasteiger partial charge < -0.3 is 9.84 Å². The van der Waals surface area contributed by atoms with E-state index < -0.39 is 18.0 Å². The van der Waals surface area contributed by atoms with E-state index >= 15 is 0 Å². The molecule has 1 aliphatic rings. The van der Waals surface area contributed by atoms with Crippen molar-refractivity contribution in [3.8, 4) is 5.75 Å². The first kappa shape index (κ1) is 22.6. The fourth-order valence-corrected chi connectivity index (χ4v) is 4.03. The second-order valence-electron chi connectivity index (χ2n) is 7.18.